The highest BCUT2D eigenvalue weighted by molar-refractivity contribution is 6.04. The second kappa shape index (κ2) is 8.09. The van der Waals surface area contributed by atoms with Gasteiger partial charge >= 0.3 is 5.97 Å². The third-order valence-corrected chi connectivity index (χ3v) is 4.77. The number of esters is 1. The first-order valence-corrected chi connectivity index (χ1v) is 8.55. The van der Waals surface area contributed by atoms with Crippen LogP contribution in [0, 0.1) is 11.3 Å². The van der Waals surface area contributed by atoms with E-state index in [0.717, 1.165) is 24.8 Å². The molecule has 0 spiro atoms. The van der Waals surface area contributed by atoms with Crippen molar-refractivity contribution in [2.75, 3.05) is 6.61 Å². The van der Waals surface area contributed by atoms with Crippen LogP contribution in [0.3, 0.4) is 0 Å². The van der Waals surface area contributed by atoms with Crippen LogP contribution in [0.25, 0.3) is 6.08 Å². The largest absolute Gasteiger partial charge is 0.465 e. The minimum absolute atomic E-state index is 0.0404. The van der Waals surface area contributed by atoms with E-state index in [1.165, 1.54) is 0 Å². The number of carbonyl (C=O) groups is 2. The Morgan fingerprint density at radius 3 is 2.70 bits per heavy atom. The van der Waals surface area contributed by atoms with Gasteiger partial charge in [-0.2, -0.15) is 0 Å². The summed E-state index contributed by atoms with van der Waals surface area (Å²) in [5.41, 5.74) is 0.0528. The second-order valence-electron chi connectivity index (χ2n) is 6.23. The zero-order chi connectivity index (χ0) is 16.7. The van der Waals surface area contributed by atoms with Crippen molar-refractivity contribution >= 4 is 17.8 Å². The summed E-state index contributed by atoms with van der Waals surface area (Å²) in [7, 11) is 0. The van der Waals surface area contributed by atoms with Gasteiger partial charge in [0, 0.05) is 6.42 Å². The van der Waals surface area contributed by atoms with Gasteiger partial charge < -0.3 is 4.74 Å². The standard InChI is InChI=1S/C20H26O3/c1-3-23-19(22)20(15-9-5-8-12-18(20)21)16(2)13-14-17-10-6-4-7-11-17/h4,6-7,10-11,13-14,16H,3,5,8-9,12,15H2,1-2H3/b14-13+/t16-,20+/m1/s1. The SMILES string of the molecule is CCOC(=O)[C@]1([C@H](C)/C=C/c2ccccc2)CCCCCC1=O. The van der Waals surface area contributed by atoms with Crippen LogP contribution < -0.4 is 0 Å². The Labute approximate surface area is 138 Å². The van der Waals surface area contributed by atoms with Gasteiger partial charge in [0.15, 0.2) is 5.78 Å². The van der Waals surface area contributed by atoms with Crippen molar-refractivity contribution in [2.45, 2.75) is 46.0 Å². The first kappa shape index (κ1) is 17.5. The molecule has 1 aromatic carbocycles. The van der Waals surface area contributed by atoms with Gasteiger partial charge in [-0.3, -0.25) is 9.59 Å². The molecule has 2 rings (SSSR count). The molecule has 0 amide bonds. The van der Waals surface area contributed by atoms with Crippen molar-refractivity contribution in [3.05, 3.63) is 42.0 Å². The van der Waals surface area contributed by atoms with Gasteiger partial charge in [0.25, 0.3) is 0 Å². The lowest BCUT2D eigenvalue weighted by atomic mass is 9.69. The van der Waals surface area contributed by atoms with Crippen molar-refractivity contribution in [1.82, 2.24) is 0 Å². The minimum Gasteiger partial charge on any atom is -0.465 e. The van der Waals surface area contributed by atoms with Crippen molar-refractivity contribution in [3.63, 3.8) is 0 Å². The molecule has 0 aliphatic heterocycles. The molecular formula is C20H26O3. The molecule has 2 atom stereocenters. The van der Waals surface area contributed by atoms with Gasteiger partial charge in [0.1, 0.15) is 5.41 Å². The van der Waals surface area contributed by atoms with Crippen LogP contribution in [0.5, 0.6) is 0 Å². The van der Waals surface area contributed by atoms with Crippen molar-refractivity contribution in [3.8, 4) is 0 Å². The summed E-state index contributed by atoms with van der Waals surface area (Å²) in [6, 6.07) is 9.94. The maximum absolute atomic E-state index is 12.8. The van der Waals surface area contributed by atoms with E-state index >= 15 is 0 Å². The van der Waals surface area contributed by atoms with E-state index in [0.29, 0.717) is 19.4 Å². The van der Waals surface area contributed by atoms with E-state index in [4.69, 9.17) is 4.74 Å². The number of rotatable bonds is 5. The quantitative estimate of drug-likeness (QED) is 0.459. The first-order chi connectivity index (χ1) is 11.1. The number of benzene rings is 1. The van der Waals surface area contributed by atoms with E-state index in [1.807, 2.05) is 49.4 Å². The zero-order valence-corrected chi connectivity index (χ0v) is 14.1. The third kappa shape index (κ3) is 3.90. The summed E-state index contributed by atoms with van der Waals surface area (Å²) < 4.78 is 5.29. The molecule has 0 bridgehead atoms. The number of Topliss-reactive ketones (excluding diaryl/α,β-unsaturated/α-hetero) is 1. The first-order valence-electron chi connectivity index (χ1n) is 8.55. The third-order valence-electron chi connectivity index (χ3n) is 4.77. The molecule has 0 aromatic heterocycles. The summed E-state index contributed by atoms with van der Waals surface area (Å²) >= 11 is 0. The monoisotopic (exact) mass is 314 g/mol. The number of hydrogen-bond donors (Lipinski definition) is 0. The molecule has 1 saturated carbocycles. The summed E-state index contributed by atoms with van der Waals surface area (Å²) in [5, 5.41) is 0. The number of hydrogen-bond acceptors (Lipinski definition) is 3. The Kier molecular flexibility index (Phi) is 6.14. The number of carbonyl (C=O) groups excluding carboxylic acids is 2. The van der Waals surface area contributed by atoms with Crippen LogP contribution in [0.1, 0.15) is 51.5 Å². The van der Waals surface area contributed by atoms with Crippen molar-refractivity contribution < 1.29 is 14.3 Å². The summed E-state index contributed by atoms with van der Waals surface area (Å²) in [6.07, 6.45) is 7.80. The predicted molar refractivity (Wildman–Crippen MR) is 91.8 cm³/mol. The number of ether oxygens (including phenoxy) is 1. The fraction of sp³-hybridized carbons (Fsp3) is 0.500. The molecular weight excluding hydrogens is 288 g/mol. The van der Waals surface area contributed by atoms with Gasteiger partial charge in [-0.25, -0.2) is 0 Å². The Hall–Kier alpha value is -1.90. The van der Waals surface area contributed by atoms with Gasteiger partial charge in [-0.15, -0.1) is 0 Å². The van der Waals surface area contributed by atoms with E-state index < -0.39 is 5.41 Å². The Morgan fingerprint density at radius 1 is 1.26 bits per heavy atom. The van der Waals surface area contributed by atoms with E-state index in [1.54, 1.807) is 6.92 Å². The van der Waals surface area contributed by atoms with Gasteiger partial charge in [-0.1, -0.05) is 62.2 Å². The molecule has 3 nitrogen and oxygen atoms in total. The van der Waals surface area contributed by atoms with Crippen LogP contribution in [-0.4, -0.2) is 18.4 Å². The lowest BCUT2D eigenvalue weighted by Crippen LogP contribution is -2.44. The normalized spacial score (nSPS) is 23.5. The van der Waals surface area contributed by atoms with Crippen LogP contribution in [0.2, 0.25) is 0 Å². The highest BCUT2D eigenvalue weighted by Gasteiger charge is 2.50. The zero-order valence-electron chi connectivity index (χ0n) is 14.1. The van der Waals surface area contributed by atoms with E-state index in [-0.39, 0.29) is 17.7 Å². The van der Waals surface area contributed by atoms with Crippen LogP contribution in [0.4, 0.5) is 0 Å². The Balaban J connectivity index is 2.30. The molecule has 124 valence electrons. The number of allylic oxidation sites excluding steroid dienone is 1. The summed E-state index contributed by atoms with van der Waals surface area (Å²) in [4.78, 5) is 25.4. The Bertz CT molecular complexity index is 562. The molecule has 0 unspecified atom stereocenters. The lowest BCUT2D eigenvalue weighted by Gasteiger charge is -2.33. The van der Waals surface area contributed by atoms with Gasteiger partial charge in [0.05, 0.1) is 6.61 Å². The second-order valence-corrected chi connectivity index (χ2v) is 6.23. The smallest absolute Gasteiger partial charge is 0.320 e. The molecule has 23 heavy (non-hydrogen) atoms. The van der Waals surface area contributed by atoms with E-state index in [2.05, 4.69) is 0 Å². The average Bonchev–Trinajstić information content (AvgIpc) is 2.76. The van der Waals surface area contributed by atoms with Crippen LogP contribution in [-0.2, 0) is 14.3 Å². The average molecular weight is 314 g/mol. The molecule has 0 N–H and O–H groups in total. The summed E-state index contributed by atoms with van der Waals surface area (Å²) in [6.45, 7) is 4.06. The molecule has 1 fully saturated rings. The number of ketones is 1. The molecule has 1 aliphatic rings. The van der Waals surface area contributed by atoms with E-state index in [9.17, 15) is 9.59 Å². The van der Waals surface area contributed by atoms with Crippen molar-refractivity contribution in [1.29, 1.82) is 0 Å². The maximum Gasteiger partial charge on any atom is 0.320 e. The fourth-order valence-corrected chi connectivity index (χ4v) is 3.36. The molecule has 0 radical (unpaired) electrons. The molecule has 0 saturated heterocycles. The van der Waals surface area contributed by atoms with Crippen LogP contribution >= 0.6 is 0 Å². The Morgan fingerprint density at radius 2 is 2.00 bits per heavy atom. The van der Waals surface area contributed by atoms with Crippen molar-refractivity contribution in [2.24, 2.45) is 11.3 Å². The highest BCUT2D eigenvalue weighted by atomic mass is 16.5. The van der Waals surface area contributed by atoms with Gasteiger partial charge in [-0.05, 0) is 31.2 Å². The fourth-order valence-electron chi connectivity index (χ4n) is 3.36. The molecule has 1 aromatic rings. The minimum atomic E-state index is -1.02. The predicted octanol–water partition coefficient (Wildman–Crippen LogP) is 4.42. The molecule has 1 aliphatic carbocycles. The molecule has 0 heterocycles. The van der Waals surface area contributed by atoms with Crippen LogP contribution in [0.15, 0.2) is 36.4 Å². The summed E-state index contributed by atoms with van der Waals surface area (Å²) in [5.74, 6) is -0.483. The maximum atomic E-state index is 12.8. The molecule has 3 heteroatoms. The highest BCUT2D eigenvalue weighted by Crippen LogP contribution is 2.41. The lowest BCUT2D eigenvalue weighted by molar-refractivity contribution is -0.163. The topological polar surface area (TPSA) is 43.4 Å². The van der Waals surface area contributed by atoms with Gasteiger partial charge in [0.2, 0.25) is 0 Å².